The van der Waals surface area contributed by atoms with Gasteiger partial charge >= 0.3 is 8.80 Å². The number of unbranched alkanes of at least 4 members (excludes halogenated alkanes) is 20. The van der Waals surface area contributed by atoms with Crippen LogP contribution in [-0.2, 0) is 13.3 Å². The molecule has 0 heterocycles. The highest BCUT2D eigenvalue weighted by atomic mass is 35.5. The molecule has 0 aromatic heterocycles. The third kappa shape index (κ3) is 20.7. The first-order chi connectivity index (χ1) is 15.2. The van der Waals surface area contributed by atoms with Gasteiger partial charge in [-0.25, -0.2) is 0 Å². The SMILES string of the molecule is CO[Si](CCCCCCCCCCCCCCCCCCCCCCCCl)(OC)OC. The van der Waals surface area contributed by atoms with E-state index in [0.29, 0.717) is 0 Å². The van der Waals surface area contributed by atoms with Crippen molar-refractivity contribution in [3.63, 3.8) is 0 Å². The molecule has 0 aromatic carbocycles. The Balaban J connectivity index is 3.16. The van der Waals surface area contributed by atoms with Crippen LogP contribution >= 0.6 is 11.6 Å². The summed E-state index contributed by atoms with van der Waals surface area (Å²) in [6.07, 6.45) is 29.1. The first kappa shape index (κ1) is 31.4. The summed E-state index contributed by atoms with van der Waals surface area (Å²) in [7, 11) is 2.77. The average molecular weight is 479 g/mol. The first-order valence-corrected chi connectivity index (χ1v) is 15.9. The molecule has 0 saturated carbocycles. The monoisotopic (exact) mass is 478 g/mol. The Morgan fingerprint density at radius 2 is 0.613 bits per heavy atom. The molecule has 3 nitrogen and oxygen atoms in total. The van der Waals surface area contributed by atoms with Gasteiger partial charge in [0.15, 0.2) is 0 Å². The highest BCUT2D eigenvalue weighted by Gasteiger charge is 2.36. The lowest BCUT2D eigenvalue weighted by Gasteiger charge is -2.24. The number of halogens is 1. The first-order valence-electron chi connectivity index (χ1n) is 13.5. The van der Waals surface area contributed by atoms with Crippen LogP contribution < -0.4 is 0 Å². The Bertz CT molecular complexity index is 332. The highest BCUT2D eigenvalue weighted by molar-refractivity contribution is 6.60. The Kier molecular flexibility index (Phi) is 25.3. The quantitative estimate of drug-likeness (QED) is 0.0703. The Morgan fingerprint density at radius 1 is 0.387 bits per heavy atom. The fourth-order valence-corrected chi connectivity index (χ4v) is 6.34. The zero-order valence-corrected chi connectivity index (χ0v) is 23.1. The van der Waals surface area contributed by atoms with E-state index in [1.807, 2.05) is 0 Å². The standard InChI is InChI=1S/C26H55ClO3Si/c1-28-31(29-2,30-3)26-24-22-20-18-16-14-12-10-8-6-4-5-7-9-11-13-15-17-19-21-23-25-27/h4-26H2,1-3H3. The van der Waals surface area contributed by atoms with Gasteiger partial charge in [0.25, 0.3) is 0 Å². The maximum Gasteiger partial charge on any atom is 0.500 e. The third-order valence-corrected chi connectivity index (χ3v) is 9.65. The molecule has 0 aliphatic carbocycles. The summed E-state index contributed by atoms with van der Waals surface area (Å²) in [4.78, 5) is 0. The van der Waals surface area contributed by atoms with E-state index in [2.05, 4.69) is 0 Å². The van der Waals surface area contributed by atoms with Crippen LogP contribution in [0.5, 0.6) is 0 Å². The molecule has 0 aliphatic heterocycles. The number of hydrogen-bond acceptors (Lipinski definition) is 3. The second kappa shape index (κ2) is 25.0. The van der Waals surface area contributed by atoms with Crippen LogP contribution in [0.15, 0.2) is 0 Å². The van der Waals surface area contributed by atoms with Crippen LogP contribution in [0.1, 0.15) is 135 Å². The Hall–Kier alpha value is 0.387. The van der Waals surface area contributed by atoms with Crippen LogP contribution in [0.25, 0.3) is 0 Å². The van der Waals surface area contributed by atoms with E-state index in [4.69, 9.17) is 24.9 Å². The Morgan fingerprint density at radius 3 is 0.839 bits per heavy atom. The summed E-state index contributed by atoms with van der Waals surface area (Å²) in [6.45, 7) is 0. The fraction of sp³-hybridized carbons (Fsp3) is 1.00. The van der Waals surface area contributed by atoms with E-state index in [1.54, 1.807) is 21.3 Å². The van der Waals surface area contributed by atoms with Crippen molar-refractivity contribution in [3.8, 4) is 0 Å². The molecule has 0 bridgehead atoms. The summed E-state index contributed by atoms with van der Waals surface area (Å²) in [5.74, 6) is 0.837. The van der Waals surface area contributed by atoms with E-state index < -0.39 is 8.80 Å². The van der Waals surface area contributed by atoms with Crippen LogP contribution in [0.4, 0.5) is 0 Å². The minimum absolute atomic E-state index is 0.837. The summed E-state index contributed by atoms with van der Waals surface area (Å²) in [6, 6.07) is 0.936. The van der Waals surface area contributed by atoms with Crippen molar-refractivity contribution in [2.45, 2.75) is 141 Å². The maximum absolute atomic E-state index is 5.71. The molecule has 188 valence electrons. The molecule has 31 heavy (non-hydrogen) atoms. The molecule has 0 saturated heterocycles. The van der Waals surface area contributed by atoms with E-state index >= 15 is 0 Å². The molecule has 0 aliphatic rings. The summed E-state index contributed by atoms with van der Waals surface area (Å²) < 4.78 is 16.4. The molecular weight excluding hydrogens is 424 g/mol. The molecule has 0 rings (SSSR count). The highest BCUT2D eigenvalue weighted by Crippen LogP contribution is 2.19. The van der Waals surface area contributed by atoms with Gasteiger partial charge in [0.1, 0.15) is 0 Å². The maximum atomic E-state index is 5.71. The smallest absolute Gasteiger partial charge is 0.377 e. The summed E-state index contributed by atoms with van der Waals surface area (Å²) in [5.41, 5.74) is 0. The lowest BCUT2D eigenvalue weighted by molar-refractivity contribution is 0.122. The van der Waals surface area contributed by atoms with Crippen molar-refractivity contribution in [1.29, 1.82) is 0 Å². The predicted octanol–water partition coefficient (Wildman–Crippen LogP) is 9.30. The van der Waals surface area contributed by atoms with Crippen LogP contribution in [0.3, 0.4) is 0 Å². The van der Waals surface area contributed by atoms with Crippen molar-refractivity contribution >= 4 is 20.4 Å². The minimum atomic E-state index is -2.34. The summed E-state index contributed by atoms with van der Waals surface area (Å²) >= 11 is 5.71. The van der Waals surface area contributed by atoms with Gasteiger partial charge in [-0.1, -0.05) is 122 Å². The Labute approximate surface area is 201 Å². The number of alkyl halides is 1. The lowest BCUT2D eigenvalue weighted by Crippen LogP contribution is -2.42. The zero-order chi connectivity index (χ0) is 22.9. The molecule has 0 unspecified atom stereocenters. The average Bonchev–Trinajstić information content (AvgIpc) is 2.80. The molecular formula is C26H55ClO3Si. The van der Waals surface area contributed by atoms with Crippen molar-refractivity contribution in [1.82, 2.24) is 0 Å². The van der Waals surface area contributed by atoms with Gasteiger partial charge in [0, 0.05) is 33.3 Å². The van der Waals surface area contributed by atoms with E-state index in [9.17, 15) is 0 Å². The molecule has 5 heteroatoms. The second-order valence-corrected chi connectivity index (χ2v) is 12.6. The van der Waals surface area contributed by atoms with E-state index in [1.165, 1.54) is 128 Å². The van der Waals surface area contributed by atoms with Crippen molar-refractivity contribution in [3.05, 3.63) is 0 Å². The largest absolute Gasteiger partial charge is 0.500 e. The molecule has 0 spiro atoms. The fourth-order valence-electron chi connectivity index (χ4n) is 4.35. The zero-order valence-electron chi connectivity index (χ0n) is 21.4. The van der Waals surface area contributed by atoms with Crippen LogP contribution in [0, 0.1) is 0 Å². The molecule has 0 N–H and O–H groups in total. The second-order valence-electron chi connectivity index (χ2n) is 9.16. The normalized spacial score (nSPS) is 12.0. The predicted molar refractivity (Wildman–Crippen MR) is 139 cm³/mol. The van der Waals surface area contributed by atoms with Gasteiger partial charge in [-0.2, -0.15) is 0 Å². The topological polar surface area (TPSA) is 27.7 Å². The van der Waals surface area contributed by atoms with Crippen molar-refractivity contribution < 1.29 is 13.3 Å². The van der Waals surface area contributed by atoms with Gasteiger partial charge < -0.3 is 13.3 Å². The van der Waals surface area contributed by atoms with Gasteiger partial charge in [-0.15, -0.1) is 11.6 Å². The molecule has 0 aromatic rings. The van der Waals surface area contributed by atoms with E-state index in [0.717, 1.165) is 18.3 Å². The number of rotatable bonds is 26. The molecule has 0 radical (unpaired) electrons. The van der Waals surface area contributed by atoms with Crippen LogP contribution in [0.2, 0.25) is 6.04 Å². The van der Waals surface area contributed by atoms with Crippen LogP contribution in [-0.4, -0.2) is 36.0 Å². The van der Waals surface area contributed by atoms with Gasteiger partial charge in [0.2, 0.25) is 0 Å². The van der Waals surface area contributed by atoms with Crippen molar-refractivity contribution in [2.75, 3.05) is 27.2 Å². The third-order valence-electron chi connectivity index (χ3n) is 6.55. The van der Waals surface area contributed by atoms with Gasteiger partial charge in [-0.3, -0.25) is 0 Å². The summed E-state index contributed by atoms with van der Waals surface area (Å²) in [5, 5.41) is 0. The number of hydrogen-bond donors (Lipinski definition) is 0. The molecule has 0 amide bonds. The van der Waals surface area contributed by atoms with Crippen molar-refractivity contribution in [2.24, 2.45) is 0 Å². The van der Waals surface area contributed by atoms with E-state index in [-0.39, 0.29) is 0 Å². The van der Waals surface area contributed by atoms with Gasteiger partial charge in [-0.05, 0) is 12.8 Å². The molecule has 0 fully saturated rings. The molecule has 0 atom stereocenters. The van der Waals surface area contributed by atoms with Gasteiger partial charge in [0.05, 0.1) is 0 Å². The minimum Gasteiger partial charge on any atom is -0.377 e. The lowest BCUT2D eigenvalue weighted by atomic mass is 10.0.